The number of carbonyl (C=O) groups excluding carboxylic acids is 3. The first-order valence-electron chi connectivity index (χ1n) is 8.05. The molecule has 26 heavy (non-hydrogen) atoms. The lowest BCUT2D eigenvalue weighted by molar-refractivity contribution is -0.143. The number of hydrogen-bond donors (Lipinski definition) is 8. The van der Waals surface area contributed by atoms with Gasteiger partial charge in [-0.05, 0) is 25.8 Å². The van der Waals surface area contributed by atoms with E-state index in [1.165, 1.54) is 0 Å². The molecule has 150 valence electrons. The quantitative estimate of drug-likeness (QED) is 0.117. The molecule has 3 unspecified atom stereocenters. The third-order valence-corrected chi connectivity index (χ3v) is 3.76. The van der Waals surface area contributed by atoms with Crippen LogP contribution >= 0.6 is 12.6 Å². The zero-order chi connectivity index (χ0) is 20.1. The lowest BCUT2D eigenvalue weighted by Crippen LogP contribution is -2.57. The van der Waals surface area contributed by atoms with Crippen LogP contribution < -0.4 is 27.4 Å². The van der Waals surface area contributed by atoms with E-state index in [2.05, 4.69) is 28.6 Å². The summed E-state index contributed by atoms with van der Waals surface area (Å²) in [6.45, 7) is -0.715. The molecule has 0 aliphatic carbocycles. The first kappa shape index (κ1) is 24.1. The second-order valence-electron chi connectivity index (χ2n) is 5.43. The Morgan fingerprint density at radius 2 is 1.50 bits per heavy atom. The number of carbonyl (C=O) groups is 4. The highest BCUT2D eigenvalue weighted by Crippen LogP contribution is 2.03. The minimum Gasteiger partial charge on any atom is -0.480 e. The Hall–Kier alpha value is -1.89. The topological polar surface area (TPSA) is 197 Å². The molecule has 0 rings (SSSR count). The predicted octanol–water partition coefficient (Wildman–Crippen LogP) is -3.46. The van der Waals surface area contributed by atoms with Crippen molar-refractivity contribution < 1.29 is 29.4 Å². The van der Waals surface area contributed by atoms with Crippen molar-refractivity contribution in [2.75, 3.05) is 25.4 Å². The number of nitrogens with one attached hydrogen (secondary N) is 3. The molecule has 12 heteroatoms. The average molecular weight is 393 g/mol. The Kier molecular flexibility index (Phi) is 12.4. The standard InChI is InChI=1S/C14H27N5O6S/c15-4-2-1-3-8(12(22)19-9(6-20)14(24)25)18-13(23)10(7-26)17-11(21)5-16/h8-10,20,26H,1-7,15-16H2,(H,17,21)(H,18,23)(H,19,22)(H,24,25). The summed E-state index contributed by atoms with van der Waals surface area (Å²) < 4.78 is 0. The first-order chi connectivity index (χ1) is 12.3. The van der Waals surface area contributed by atoms with Crippen LogP contribution in [-0.4, -0.2) is 77.5 Å². The lowest BCUT2D eigenvalue weighted by Gasteiger charge is -2.23. The third-order valence-electron chi connectivity index (χ3n) is 3.40. The summed E-state index contributed by atoms with van der Waals surface area (Å²) in [5, 5.41) is 24.9. The summed E-state index contributed by atoms with van der Waals surface area (Å²) in [5.74, 6) is -3.42. The predicted molar refractivity (Wildman–Crippen MR) is 96.3 cm³/mol. The van der Waals surface area contributed by atoms with Gasteiger partial charge in [-0.2, -0.15) is 12.6 Å². The smallest absolute Gasteiger partial charge is 0.328 e. The second kappa shape index (κ2) is 13.3. The summed E-state index contributed by atoms with van der Waals surface area (Å²) in [5.41, 5.74) is 10.6. The molecule has 0 saturated carbocycles. The van der Waals surface area contributed by atoms with Gasteiger partial charge in [0.1, 0.15) is 18.1 Å². The van der Waals surface area contributed by atoms with Crippen molar-refractivity contribution in [3.05, 3.63) is 0 Å². The molecule has 0 aliphatic rings. The Balaban J connectivity index is 5.04. The molecule has 0 aromatic carbocycles. The molecule has 0 fully saturated rings. The number of amides is 3. The van der Waals surface area contributed by atoms with Gasteiger partial charge < -0.3 is 37.6 Å². The summed E-state index contributed by atoms with van der Waals surface area (Å²) >= 11 is 3.98. The molecule has 3 amide bonds. The van der Waals surface area contributed by atoms with Crippen LogP contribution in [0.15, 0.2) is 0 Å². The highest BCUT2D eigenvalue weighted by atomic mass is 32.1. The molecule has 0 radical (unpaired) electrons. The Morgan fingerprint density at radius 3 is 1.96 bits per heavy atom. The van der Waals surface area contributed by atoms with Gasteiger partial charge in [0.05, 0.1) is 13.2 Å². The van der Waals surface area contributed by atoms with E-state index in [0.717, 1.165) is 0 Å². The fraction of sp³-hybridized carbons (Fsp3) is 0.714. The number of rotatable bonds is 13. The van der Waals surface area contributed by atoms with Crippen molar-refractivity contribution in [1.29, 1.82) is 0 Å². The van der Waals surface area contributed by atoms with Gasteiger partial charge in [0, 0.05) is 5.75 Å². The van der Waals surface area contributed by atoms with Gasteiger partial charge in [-0.3, -0.25) is 14.4 Å². The van der Waals surface area contributed by atoms with E-state index in [4.69, 9.17) is 21.7 Å². The third kappa shape index (κ3) is 8.99. The van der Waals surface area contributed by atoms with Crippen LogP contribution in [0.5, 0.6) is 0 Å². The zero-order valence-electron chi connectivity index (χ0n) is 14.3. The molecule has 0 heterocycles. The van der Waals surface area contributed by atoms with Gasteiger partial charge in [-0.1, -0.05) is 0 Å². The number of unbranched alkanes of at least 4 members (excludes halogenated alkanes) is 1. The summed E-state index contributed by atoms with van der Waals surface area (Å²) in [7, 11) is 0. The Labute approximate surface area is 156 Å². The van der Waals surface area contributed by atoms with Gasteiger partial charge in [-0.15, -0.1) is 0 Å². The first-order valence-corrected chi connectivity index (χ1v) is 8.68. The highest BCUT2D eigenvalue weighted by Gasteiger charge is 2.28. The molecule has 0 aromatic heterocycles. The van der Waals surface area contributed by atoms with E-state index in [0.29, 0.717) is 19.4 Å². The van der Waals surface area contributed by atoms with Gasteiger partial charge in [0.25, 0.3) is 0 Å². The van der Waals surface area contributed by atoms with Gasteiger partial charge in [0.15, 0.2) is 0 Å². The molecular formula is C14H27N5O6S. The number of carboxylic acids is 1. The number of aliphatic hydroxyl groups is 1. The number of aliphatic hydroxyl groups excluding tert-OH is 1. The second-order valence-corrected chi connectivity index (χ2v) is 5.80. The van der Waals surface area contributed by atoms with Gasteiger partial charge in [-0.25, -0.2) is 4.79 Å². The lowest BCUT2D eigenvalue weighted by atomic mass is 10.1. The summed E-state index contributed by atoms with van der Waals surface area (Å²) in [6.07, 6.45) is 1.31. The van der Waals surface area contributed by atoms with Crippen LogP contribution in [-0.2, 0) is 19.2 Å². The van der Waals surface area contributed by atoms with E-state index in [1.54, 1.807) is 0 Å². The van der Waals surface area contributed by atoms with Crippen LogP contribution in [0.1, 0.15) is 19.3 Å². The van der Waals surface area contributed by atoms with Crippen LogP contribution in [0.25, 0.3) is 0 Å². The van der Waals surface area contributed by atoms with E-state index in [1.807, 2.05) is 0 Å². The summed E-state index contributed by atoms with van der Waals surface area (Å²) in [6, 6.07) is -3.55. The average Bonchev–Trinajstić information content (AvgIpc) is 2.62. The van der Waals surface area contributed by atoms with Crippen molar-refractivity contribution in [3.63, 3.8) is 0 Å². The maximum atomic E-state index is 12.3. The Morgan fingerprint density at radius 1 is 0.923 bits per heavy atom. The normalized spacial score (nSPS) is 14.0. The van der Waals surface area contributed by atoms with Crippen molar-refractivity contribution >= 4 is 36.3 Å². The van der Waals surface area contributed by atoms with Gasteiger partial charge in [0.2, 0.25) is 17.7 Å². The minimum absolute atomic E-state index is 0.0247. The fourth-order valence-electron chi connectivity index (χ4n) is 1.94. The molecule has 3 atom stereocenters. The largest absolute Gasteiger partial charge is 0.480 e. The molecule has 9 N–H and O–H groups in total. The van der Waals surface area contributed by atoms with Crippen molar-refractivity contribution in [2.24, 2.45) is 11.5 Å². The highest BCUT2D eigenvalue weighted by molar-refractivity contribution is 7.80. The van der Waals surface area contributed by atoms with Crippen LogP contribution in [0.3, 0.4) is 0 Å². The fourth-order valence-corrected chi connectivity index (χ4v) is 2.20. The molecule has 0 spiro atoms. The van der Waals surface area contributed by atoms with E-state index in [9.17, 15) is 19.2 Å². The van der Waals surface area contributed by atoms with E-state index in [-0.39, 0.29) is 18.7 Å². The SMILES string of the molecule is NCCCCC(NC(=O)C(CS)NC(=O)CN)C(=O)NC(CO)C(=O)O. The van der Waals surface area contributed by atoms with Crippen LogP contribution in [0, 0.1) is 0 Å². The molecule has 0 aliphatic heterocycles. The van der Waals surface area contributed by atoms with Crippen molar-refractivity contribution in [1.82, 2.24) is 16.0 Å². The molecular weight excluding hydrogens is 366 g/mol. The van der Waals surface area contributed by atoms with E-state index < -0.39 is 48.4 Å². The van der Waals surface area contributed by atoms with Crippen molar-refractivity contribution in [3.8, 4) is 0 Å². The zero-order valence-corrected chi connectivity index (χ0v) is 15.2. The molecule has 11 nitrogen and oxygen atoms in total. The van der Waals surface area contributed by atoms with Crippen LogP contribution in [0.2, 0.25) is 0 Å². The van der Waals surface area contributed by atoms with E-state index >= 15 is 0 Å². The number of thiol groups is 1. The van der Waals surface area contributed by atoms with Gasteiger partial charge >= 0.3 is 5.97 Å². The molecule has 0 saturated heterocycles. The maximum absolute atomic E-state index is 12.3. The molecule has 0 bridgehead atoms. The monoisotopic (exact) mass is 393 g/mol. The molecule has 0 aromatic rings. The minimum atomic E-state index is -1.49. The number of nitrogens with two attached hydrogens (primary N) is 2. The summed E-state index contributed by atoms with van der Waals surface area (Å²) in [4.78, 5) is 46.8. The number of carboxylic acid groups (broad SMARTS) is 1. The van der Waals surface area contributed by atoms with Crippen molar-refractivity contribution in [2.45, 2.75) is 37.4 Å². The number of hydrogen-bond acceptors (Lipinski definition) is 8. The maximum Gasteiger partial charge on any atom is 0.328 e. The van der Waals surface area contributed by atoms with Crippen LogP contribution in [0.4, 0.5) is 0 Å². The Bertz CT molecular complexity index is 492. The number of aliphatic carboxylic acids is 1.